The number of nitrogens with zero attached hydrogens (tertiary/aromatic N) is 1. The first-order valence-electron chi connectivity index (χ1n) is 5.88. The van der Waals surface area contributed by atoms with Crippen molar-refractivity contribution >= 4 is 28.2 Å². The summed E-state index contributed by atoms with van der Waals surface area (Å²) in [4.78, 5) is 16.7. The second-order valence-electron chi connectivity index (χ2n) is 4.61. The standard InChI is InChI=1S/C11H18N4O2S/c1-11(3-5-17-6-4-11)15-9(16)7-8(12)14-10(13-2)18-7/h3-6,12H2,1-2H3,(H,13,14)(H,15,16). The highest BCUT2D eigenvalue weighted by atomic mass is 32.1. The molecule has 1 aromatic rings. The Morgan fingerprint density at radius 3 is 2.72 bits per heavy atom. The van der Waals surface area contributed by atoms with Gasteiger partial charge in [-0.2, -0.15) is 0 Å². The summed E-state index contributed by atoms with van der Waals surface area (Å²) in [7, 11) is 1.75. The van der Waals surface area contributed by atoms with Crippen molar-refractivity contribution in [2.75, 3.05) is 31.3 Å². The zero-order valence-electron chi connectivity index (χ0n) is 10.6. The number of anilines is 2. The predicted octanol–water partition coefficient (Wildman–Crippen LogP) is 1.07. The van der Waals surface area contributed by atoms with Crippen molar-refractivity contribution in [3.8, 4) is 0 Å². The molecule has 7 heteroatoms. The first kappa shape index (κ1) is 13.1. The van der Waals surface area contributed by atoms with Gasteiger partial charge in [-0.3, -0.25) is 4.79 Å². The van der Waals surface area contributed by atoms with Crippen LogP contribution < -0.4 is 16.4 Å². The fourth-order valence-electron chi connectivity index (χ4n) is 1.88. The lowest BCUT2D eigenvalue weighted by atomic mass is 9.92. The number of ether oxygens (including phenoxy) is 1. The lowest BCUT2D eigenvalue weighted by Crippen LogP contribution is -2.49. The molecule has 4 N–H and O–H groups in total. The van der Waals surface area contributed by atoms with Crippen LogP contribution in [-0.2, 0) is 4.74 Å². The predicted molar refractivity (Wildman–Crippen MR) is 72.0 cm³/mol. The lowest BCUT2D eigenvalue weighted by Gasteiger charge is -2.34. The van der Waals surface area contributed by atoms with Gasteiger partial charge in [-0.15, -0.1) is 0 Å². The third-order valence-electron chi connectivity index (χ3n) is 3.09. The fourth-order valence-corrected chi connectivity index (χ4v) is 2.61. The maximum absolute atomic E-state index is 12.2. The monoisotopic (exact) mass is 270 g/mol. The van der Waals surface area contributed by atoms with Crippen LogP contribution in [0.4, 0.5) is 10.9 Å². The number of hydrogen-bond donors (Lipinski definition) is 3. The maximum Gasteiger partial charge on any atom is 0.265 e. The number of nitrogens with two attached hydrogens (primary N) is 1. The zero-order chi connectivity index (χ0) is 13.2. The number of nitrogens with one attached hydrogen (secondary N) is 2. The number of aromatic nitrogens is 1. The van der Waals surface area contributed by atoms with E-state index in [4.69, 9.17) is 10.5 Å². The van der Waals surface area contributed by atoms with E-state index in [0.717, 1.165) is 12.8 Å². The fraction of sp³-hybridized carbons (Fsp3) is 0.636. The van der Waals surface area contributed by atoms with E-state index in [-0.39, 0.29) is 17.3 Å². The molecule has 1 aliphatic heterocycles. The summed E-state index contributed by atoms with van der Waals surface area (Å²) in [5.41, 5.74) is 5.52. The summed E-state index contributed by atoms with van der Waals surface area (Å²) in [5, 5.41) is 6.57. The molecule has 6 nitrogen and oxygen atoms in total. The molecule has 1 amide bonds. The molecule has 1 fully saturated rings. The molecule has 0 atom stereocenters. The second-order valence-corrected chi connectivity index (χ2v) is 5.61. The zero-order valence-corrected chi connectivity index (χ0v) is 11.4. The van der Waals surface area contributed by atoms with Crippen LogP contribution in [0, 0.1) is 0 Å². The van der Waals surface area contributed by atoms with Gasteiger partial charge in [-0.1, -0.05) is 11.3 Å². The van der Waals surface area contributed by atoms with E-state index in [2.05, 4.69) is 15.6 Å². The van der Waals surface area contributed by atoms with Crippen molar-refractivity contribution in [2.45, 2.75) is 25.3 Å². The van der Waals surface area contributed by atoms with Crippen LogP contribution in [-0.4, -0.2) is 36.7 Å². The first-order valence-corrected chi connectivity index (χ1v) is 6.70. The smallest absolute Gasteiger partial charge is 0.265 e. The number of thiazole rings is 1. The lowest BCUT2D eigenvalue weighted by molar-refractivity contribution is 0.0424. The van der Waals surface area contributed by atoms with E-state index >= 15 is 0 Å². The number of rotatable bonds is 3. The normalized spacial score (nSPS) is 18.3. The molecule has 0 aliphatic carbocycles. The van der Waals surface area contributed by atoms with Gasteiger partial charge in [0.05, 0.1) is 0 Å². The molecular weight excluding hydrogens is 252 g/mol. The van der Waals surface area contributed by atoms with E-state index in [0.29, 0.717) is 23.2 Å². The van der Waals surface area contributed by atoms with E-state index in [1.54, 1.807) is 7.05 Å². The van der Waals surface area contributed by atoms with Crippen LogP contribution in [0.1, 0.15) is 29.4 Å². The Hall–Kier alpha value is -1.34. The Morgan fingerprint density at radius 2 is 2.17 bits per heavy atom. The van der Waals surface area contributed by atoms with Gasteiger partial charge in [0.2, 0.25) is 0 Å². The summed E-state index contributed by atoms with van der Waals surface area (Å²) >= 11 is 1.26. The largest absolute Gasteiger partial charge is 0.382 e. The number of carbonyl (C=O) groups excluding carboxylic acids is 1. The maximum atomic E-state index is 12.2. The van der Waals surface area contributed by atoms with Crippen molar-refractivity contribution in [3.05, 3.63) is 4.88 Å². The van der Waals surface area contributed by atoms with E-state index in [1.807, 2.05) is 6.92 Å². The minimum Gasteiger partial charge on any atom is -0.382 e. The molecule has 18 heavy (non-hydrogen) atoms. The van der Waals surface area contributed by atoms with Crippen molar-refractivity contribution in [3.63, 3.8) is 0 Å². The topological polar surface area (TPSA) is 89.3 Å². The van der Waals surface area contributed by atoms with Crippen molar-refractivity contribution in [2.24, 2.45) is 0 Å². The Balaban J connectivity index is 2.08. The Kier molecular flexibility index (Phi) is 3.72. The molecule has 0 aromatic carbocycles. The summed E-state index contributed by atoms with van der Waals surface area (Å²) in [6, 6.07) is 0. The Labute approximate surface area is 110 Å². The highest BCUT2D eigenvalue weighted by Gasteiger charge is 2.30. The molecule has 0 spiro atoms. The molecule has 1 aromatic heterocycles. The molecule has 0 radical (unpaired) electrons. The summed E-state index contributed by atoms with van der Waals surface area (Å²) in [6.07, 6.45) is 1.63. The summed E-state index contributed by atoms with van der Waals surface area (Å²) < 4.78 is 5.30. The van der Waals surface area contributed by atoms with Crippen molar-refractivity contribution < 1.29 is 9.53 Å². The first-order chi connectivity index (χ1) is 8.54. The van der Waals surface area contributed by atoms with Gasteiger partial charge in [0.15, 0.2) is 5.13 Å². The van der Waals surface area contributed by atoms with Crippen LogP contribution in [0.15, 0.2) is 0 Å². The van der Waals surface area contributed by atoms with Crippen LogP contribution >= 0.6 is 11.3 Å². The molecule has 100 valence electrons. The van der Waals surface area contributed by atoms with Crippen LogP contribution in [0.2, 0.25) is 0 Å². The van der Waals surface area contributed by atoms with Crippen LogP contribution in [0.5, 0.6) is 0 Å². The molecule has 1 aliphatic rings. The third kappa shape index (κ3) is 2.73. The van der Waals surface area contributed by atoms with Crippen molar-refractivity contribution in [1.82, 2.24) is 10.3 Å². The van der Waals surface area contributed by atoms with E-state index in [1.165, 1.54) is 11.3 Å². The van der Waals surface area contributed by atoms with Gasteiger partial charge in [-0.05, 0) is 19.8 Å². The number of nitrogen functional groups attached to an aromatic ring is 1. The molecule has 0 bridgehead atoms. The van der Waals surface area contributed by atoms with E-state index in [9.17, 15) is 4.79 Å². The van der Waals surface area contributed by atoms with Gasteiger partial charge >= 0.3 is 0 Å². The minimum atomic E-state index is -0.217. The Morgan fingerprint density at radius 1 is 1.50 bits per heavy atom. The molecule has 0 saturated carbocycles. The van der Waals surface area contributed by atoms with Gasteiger partial charge in [-0.25, -0.2) is 4.98 Å². The van der Waals surface area contributed by atoms with Crippen molar-refractivity contribution in [1.29, 1.82) is 0 Å². The number of hydrogen-bond acceptors (Lipinski definition) is 6. The highest BCUT2D eigenvalue weighted by molar-refractivity contribution is 7.18. The molecule has 2 heterocycles. The minimum absolute atomic E-state index is 0.157. The number of carbonyl (C=O) groups is 1. The van der Waals surface area contributed by atoms with Gasteiger partial charge in [0.25, 0.3) is 5.91 Å². The average molecular weight is 270 g/mol. The number of amides is 1. The van der Waals surface area contributed by atoms with Crippen LogP contribution in [0.25, 0.3) is 0 Å². The molecular formula is C11H18N4O2S. The van der Waals surface area contributed by atoms with Gasteiger partial charge in [0.1, 0.15) is 10.7 Å². The quantitative estimate of drug-likeness (QED) is 0.764. The summed E-state index contributed by atoms with van der Waals surface area (Å²) in [6.45, 7) is 3.39. The SMILES string of the molecule is CNc1nc(N)c(C(=O)NC2(C)CCOCC2)s1. The second kappa shape index (κ2) is 5.11. The molecule has 1 saturated heterocycles. The van der Waals surface area contributed by atoms with E-state index < -0.39 is 0 Å². The highest BCUT2D eigenvalue weighted by Crippen LogP contribution is 2.26. The average Bonchev–Trinajstić information content (AvgIpc) is 2.71. The van der Waals surface area contributed by atoms with Gasteiger partial charge < -0.3 is 21.1 Å². The third-order valence-corrected chi connectivity index (χ3v) is 4.17. The van der Waals surface area contributed by atoms with Gasteiger partial charge in [0, 0.05) is 25.8 Å². The Bertz CT molecular complexity index is 440. The summed E-state index contributed by atoms with van der Waals surface area (Å²) in [5.74, 6) is 0.119. The van der Waals surface area contributed by atoms with Crippen LogP contribution in [0.3, 0.4) is 0 Å². The molecule has 2 rings (SSSR count). The molecule has 0 unspecified atom stereocenters.